The highest BCUT2D eigenvalue weighted by atomic mass is 79.9. The Morgan fingerprint density at radius 2 is 1.72 bits per heavy atom. The summed E-state index contributed by atoms with van der Waals surface area (Å²) in [6.45, 7) is 1.93. The van der Waals surface area contributed by atoms with Crippen molar-refractivity contribution < 1.29 is 4.79 Å². The van der Waals surface area contributed by atoms with Crippen LogP contribution in [0.1, 0.15) is 36.0 Å². The Labute approximate surface area is 116 Å². The van der Waals surface area contributed by atoms with E-state index in [0.29, 0.717) is 0 Å². The van der Waals surface area contributed by atoms with Crippen molar-refractivity contribution in [2.75, 3.05) is 13.1 Å². The van der Waals surface area contributed by atoms with E-state index < -0.39 is 0 Å². The number of likely N-dealkylation sites (tertiary alicyclic amines) is 1. The zero-order valence-electron chi connectivity index (χ0n) is 10.4. The van der Waals surface area contributed by atoms with Gasteiger partial charge in [-0.1, -0.05) is 22.4 Å². The maximum Gasteiger partial charge on any atom is 0.253 e. The van der Waals surface area contributed by atoms with Gasteiger partial charge >= 0.3 is 0 Å². The maximum absolute atomic E-state index is 12.5. The minimum Gasteiger partial charge on any atom is -0.338 e. The van der Waals surface area contributed by atoms with E-state index in [4.69, 9.17) is 0 Å². The highest BCUT2D eigenvalue weighted by Gasteiger charge is 2.32. The first-order valence-electron chi connectivity index (χ1n) is 6.77. The summed E-state index contributed by atoms with van der Waals surface area (Å²) < 4.78 is 1.02. The molecule has 2 bridgehead atoms. The van der Waals surface area contributed by atoms with Gasteiger partial charge in [-0.3, -0.25) is 4.79 Å². The maximum atomic E-state index is 12.5. The number of amides is 1. The summed E-state index contributed by atoms with van der Waals surface area (Å²) in [4.78, 5) is 14.5. The van der Waals surface area contributed by atoms with Crippen LogP contribution in [0.15, 0.2) is 28.7 Å². The van der Waals surface area contributed by atoms with Gasteiger partial charge in [-0.15, -0.1) is 0 Å². The highest BCUT2D eigenvalue weighted by Crippen LogP contribution is 2.34. The lowest BCUT2D eigenvalue weighted by Crippen LogP contribution is -2.45. The Kier molecular flexibility index (Phi) is 3.42. The molecule has 0 aromatic heterocycles. The molecule has 0 N–H and O–H groups in total. The number of benzene rings is 1. The summed E-state index contributed by atoms with van der Waals surface area (Å²) in [7, 11) is 0. The molecule has 1 aliphatic carbocycles. The van der Waals surface area contributed by atoms with Gasteiger partial charge in [0.1, 0.15) is 0 Å². The molecule has 1 aromatic carbocycles. The van der Waals surface area contributed by atoms with Crippen LogP contribution >= 0.6 is 15.9 Å². The number of piperidine rings is 1. The Morgan fingerprint density at radius 3 is 2.33 bits per heavy atom. The minimum absolute atomic E-state index is 0.208. The van der Waals surface area contributed by atoms with Gasteiger partial charge in [0, 0.05) is 23.1 Å². The molecule has 1 saturated carbocycles. The normalized spacial score (nSPS) is 27.1. The molecule has 1 aliphatic heterocycles. The minimum atomic E-state index is 0.208. The van der Waals surface area contributed by atoms with Crippen molar-refractivity contribution in [2.45, 2.75) is 25.7 Å². The number of carbonyl (C=O) groups excluding carboxylic acids is 1. The van der Waals surface area contributed by atoms with Crippen LogP contribution in [0.2, 0.25) is 0 Å². The number of rotatable bonds is 1. The summed E-state index contributed by atoms with van der Waals surface area (Å²) in [5.74, 6) is 1.70. The SMILES string of the molecule is O=C(c1ccc(Br)cc1)N1CC2CCCC(C2)C1. The Bertz CT molecular complexity index is 430. The van der Waals surface area contributed by atoms with Crippen LogP contribution in [0.4, 0.5) is 0 Å². The first-order valence-corrected chi connectivity index (χ1v) is 7.56. The molecule has 0 radical (unpaired) electrons. The summed E-state index contributed by atoms with van der Waals surface area (Å²) in [5.41, 5.74) is 0.818. The molecule has 96 valence electrons. The fourth-order valence-electron chi connectivity index (χ4n) is 3.37. The van der Waals surface area contributed by atoms with E-state index in [1.54, 1.807) is 0 Å². The van der Waals surface area contributed by atoms with Gasteiger partial charge in [-0.05, 0) is 55.4 Å². The quantitative estimate of drug-likeness (QED) is 0.774. The van der Waals surface area contributed by atoms with E-state index in [0.717, 1.165) is 35.0 Å². The smallest absolute Gasteiger partial charge is 0.253 e. The molecule has 2 fully saturated rings. The van der Waals surface area contributed by atoms with Gasteiger partial charge in [0.2, 0.25) is 0 Å². The molecule has 2 atom stereocenters. The van der Waals surface area contributed by atoms with E-state index >= 15 is 0 Å². The van der Waals surface area contributed by atoms with Crippen LogP contribution in [-0.4, -0.2) is 23.9 Å². The zero-order valence-corrected chi connectivity index (χ0v) is 12.0. The molecule has 3 heteroatoms. The van der Waals surface area contributed by atoms with Crippen molar-refractivity contribution in [2.24, 2.45) is 11.8 Å². The first kappa shape index (κ1) is 12.2. The third-order valence-electron chi connectivity index (χ3n) is 4.23. The zero-order chi connectivity index (χ0) is 12.5. The molecule has 1 heterocycles. The number of hydrogen-bond donors (Lipinski definition) is 0. The van der Waals surface area contributed by atoms with Crippen LogP contribution in [0, 0.1) is 11.8 Å². The molecule has 3 rings (SSSR count). The summed E-state index contributed by atoms with van der Waals surface area (Å²) in [5, 5.41) is 0. The molecule has 2 unspecified atom stereocenters. The van der Waals surface area contributed by atoms with Crippen LogP contribution < -0.4 is 0 Å². The third-order valence-corrected chi connectivity index (χ3v) is 4.76. The second-order valence-corrected chi connectivity index (χ2v) is 6.53. The number of fused-ring (bicyclic) bond motifs is 2. The van der Waals surface area contributed by atoms with Gasteiger partial charge in [-0.25, -0.2) is 0 Å². The Morgan fingerprint density at radius 1 is 1.11 bits per heavy atom. The van der Waals surface area contributed by atoms with Crippen LogP contribution in [-0.2, 0) is 0 Å². The molecule has 2 aliphatic rings. The van der Waals surface area contributed by atoms with E-state index in [-0.39, 0.29) is 5.91 Å². The Hall–Kier alpha value is -0.830. The topological polar surface area (TPSA) is 20.3 Å². The lowest BCUT2D eigenvalue weighted by Gasteiger charge is -2.41. The third kappa shape index (κ3) is 2.46. The van der Waals surface area contributed by atoms with E-state index in [1.807, 2.05) is 24.3 Å². The monoisotopic (exact) mass is 307 g/mol. The standard InChI is InChI=1S/C15H18BrNO/c16-14-6-4-13(5-7-14)15(18)17-9-11-2-1-3-12(8-11)10-17/h4-7,11-12H,1-3,8-10H2. The number of hydrogen-bond acceptors (Lipinski definition) is 1. The van der Waals surface area contributed by atoms with Crippen molar-refractivity contribution in [3.63, 3.8) is 0 Å². The number of carbonyl (C=O) groups is 1. The second kappa shape index (κ2) is 5.04. The van der Waals surface area contributed by atoms with E-state index in [1.165, 1.54) is 25.7 Å². The van der Waals surface area contributed by atoms with Crippen LogP contribution in [0.5, 0.6) is 0 Å². The van der Waals surface area contributed by atoms with E-state index in [9.17, 15) is 4.79 Å². The van der Waals surface area contributed by atoms with Crippen molar-refractivity contribution in [1.82, 2.24) is 4.90 Å². The second-order valence-electron chi connectivity index (χ2n) is 5.62. The summed E-state index contributed by atoms with van der Waals surface area (Å²) in [6.07, 6.45) is 5.31. The van der Waals surface area contributed by atoms with Crippen molar-refractivity contribution >= 4 is 21.8 Å². The lowest BCUT2D eigenvalue weighted by molar-refractivity contribution is 0.0504. The van der Waals surface area contributed by atoms with Gasteiger partial charge < -0.3 is 4.90 Å². The molecule has 2 nitrogen and oxygen atoms in total. The Balaban J connectivity index is 1.74. The molecular formula is C15H18BrNO. The fourth-order valence-corrected chi connectivity index (χ4v) is 3.64. The first-order chi connectivity index (χ1) is 8.72. The average Bonchev–Trinajstić information content (AvgIpc) is 2.38. The fraction of sp³-hybridized carbons (Fsp3) is 0.533. The average molecular weight is 308 g/mol. The molecular weight excluding hydrogens is 290 g/mol. The molecule has 18 heavy (non-hydrogen) atoms. The number of halogens is 1. The van der Waals surface area contributed by atoms with Gasteiger partial charge in [0.05, 0.1) is 0 Å². The molecule has 1 amide bonds. The largest absolute Gasteiger partial charge is 0.338 e. The number of nitrogens with zero attached hydrogens (tertiary/aromatic N) is 1. The van der Waals surface area contributed by atoms with E-state index in [2.05, 4.69) is 20.8 Å². The van der Waals surface area contributed by atoms with Crippen LogP contribution in [0.3, 0.4) is 0 Å². The predicted octanol–water partition coefficient (Wildman–Crippen LogP) is 3.71. The van der Waals surface area contributed by atoms with Crippen molar-refractivity contribution in [1.29, 1.82) is 0 Å². The van der Waals surface area contributed by atoms with Crippen molar-refractivity contribution in [3.05, 3.63) is 34.3 Å². The van der Waals surface area contributed by atoms with Crippen LogP contribution in [0.25, 0.3) is 0 Å². The predicted molar refractivity (Wildman–Crippen MR) is 75.5 cm³/mol. The van der Waals surface area contributed by atoms with Crippen molar-refractivity contribution in [3.8, 4) is 0 Å². The highest BCUT2D eigenvalue weighted by molar-refractivity contribution is 9.10. The summed E-state index contributed by atoms with van der Waals surface area (Å²) >= 11 is 3.41. The lowest BCUT2D eigenvalue weighted by atomic mass is 9.78. The van der Waals surface area contributed by atoms with Gasteiger partial charge in [0.25, 0.3) is 5.91 Å². The van der Waals surface area contributed by atoms with Gasteiger partial charge in [0.15, 0.2) is 0 Å². The van der Waals surface area contributed by atoms with Gasteiger partial charge in [-0.2, -0.15) is 0 Å². The summed E-state index contributed by atoms with van der Waals surface area (Å²) in [6, 6.07) is 7.71. The molecule has 1 saturated heterocycles. The molecule has 0 spiro atoms. The molecule has 1 aromatic rings.